The molecular formula is C12H11BrClNOS. The Morgan fingerprint density at radius 3 is 2.94 bits per heavy atom. The van der Waals surface area contributed by atoms with Gasteiger partial charge in [0.2, 0.25) is 0 Å². The van der Waals surface area contributed by atoms with E-state index in [1.165, 1.54) is 0 Å². The predicted molar refractivity (Wildman–Crippen MR) is 75.3 cm³/mol. The molecule has 0 aliphatic carbocycles. The van der Waals surface area contributed by atoms with Crippen molar-refractivity contribution in [2.45, 2.75) is 18.9 Å². The first-order valence-corrected chi connectivity index (χ1v) is 7.45. The van der Waals surface area contributed by atoms with Gasteiger partial charge in [0, 0.05) is 21.3 Å². The summed E-state index contributed by atoms with van der Waals surface area (Å²) in [7, 11) is 0. The molecule has 0 unspecified atom stereocenters. The number of hydrogen-bond donors (Lipinski definition) is 0. The quantitative estimate of drug-likeness (QED) is 0.765. The molecule has 0 atom stereocenters. The highest BCUT2D eigenvalue weighted by Crippen LogP contribution is 2.25. The molecule has 1 aromatic carbocycles. The third-order valence-corrected chi connectivity index (χ3v) is 3.87. The predicted octanol–water partition coefficient (Wildman–Crippen LogP) is 4.58. The Morgan fingerprint density at radius 2 is 2.29 bits per heavy atom. The van der Waals surface area contributed by atoms with Gasteiger partial charge in [-0.15, -0.1) is 11.3 Å². The van der Waals surface area contributed by atoms with E-state index in [4.69, 9.17) is 16.3 Å². The molecule has 2 aromatic rings. The van der Waals surface area contributed by atoms with E-state index in [2.05, 4.69) is 20.9 Å². The molecule has 0 amide bonds. The highest BCUT2D eigenvalue weighted by Gasteiger charge is 2.05. The van der Waals surface area contributed by atoms with E-state index in [9.17, 15) is 0 Å². The van der Waals surface area contributed by atoms with Crippen molar-refractivity contribution in [1.82, 2.24) is 4.98 Å². The SMILES string of the molecule is Cc1nc(COc2ccc(Cl)cc2CBr)cs1. The van der Waals surface area contributed by atoms with E-state index in [1.807, 2.05) is 30.5 Å². The van der Waals surface area contributed by atoms with Gasteiger partial charge in [-0.3, -0.25) is 0 Å². The first-order valence-electron chi connectivity index (χ1n) is 5.07. The second kappa shape index (κ2) is 5.85. The Bertz CT molecular complexity index is 515. The van der Waals surface area contributed by atoms with Crippen molar-refractivity contribution in [3.63, 3.8) is 0 Å². The molecule has 90 valence electrons. The highest BCUT2D eigenvalue weighted by molar-refractivity contribution is 9.08. The van der Waals surface area contributed by atoms with Gasteiger partial charge in [-0.1, -0.05) is 27.5 Å². The van der Waals surface area contributed by atoms with Gasteiger partial charge in [-0.25, -0.2) is 4.98 Å². The number of aryl methyl sites for hydroxylation is 1. The van der Waals surface area contributed by atoms with Crippen molar-refractivity contribution >= 4 is 38.9 Å². The number of benzene rings is 1. The zero-order valence-electron chi connectivity index (χ0n) is 9.24. The van der Waals surface area contributed by atoms with Crippen LogP contribution in [0.3, 0.4) is 0 Å². The standard InChI is InChI=1S/C12H11BrClNOS/c1-8-15-11(7-17-8)6-16-12-3-2-10(14)4-9(12)5-13/h2-4,7H,5-6H2,1H3. The molecule has 1 heterocycles. The summed E-state index contributed by atoms with van der Waals surface area (Å²) in [5, 5.41) is 4.51. The Kier molecular flexibility index (Phi) is 4.42. The van der Waals surface area contributed by atoms with Crippen molar-refractivity contribution in [2.75, 3.05) is 0 Å². The number of halogens is 2. The minimum atomic E-state index is 0.492. The summed E-state index contributed by atoms with van der Waals surface area (Å²) in [5.41, 5.74) is 2.01. The number of ether oxygens (including phenoxy) is 1. The molecule has 0 saturated heterocycles. The van der Waals surface area contributed by atoms with Crippen LogP contribution in [-0.4, -0.2) is 4.98 Å². The van der Waals surface area contributed by atoms with Gasteiger partial charge < -0.3 is 4.74 Å². The van der Waals surface area contributed by atoms with Crippen LogP contribution in [-0.2, 0) is 11.9 Å². The van der Waals surface area contributed by atoms with E-state index in [0.717, 1.165) is 32.4 Å². The molecule has 5 heteroatoms. The number of thiazole rings is 1. The summed E-state index contributed by atoms with van der Waals surface area (Å²) in [4.78, 5) is 4.35. The summed E-state index contributed by atoms with van der Waals surface area (Å²) in [5.74, 6) is 0.844. The second-order valence-corrected chi connectivity index (χ2v) is 5.59. The molecule has 0 bridgehead atoms. The third kappa shape index (κ3) is 3.44. The minimum Gasteiger partial charge on any atom is -0.487 e. The van der Waals surface area contributed by atoms with Crippen LogP contribution >= 0.6 is 38.9 Å². The second-order valence-electron chi connectivity index (χ2n) is 3.53. The molecule has 0 spiro atoms. The van der Waals surface area contributed by atoms with Gasteiger partial charge in [0.05, 0.1) is 10.7 Å². The van der Waals surface area contributed by atoms with Crippen LogP contribution in [0.4, 0.5) is 0 Å². The fourth-order valence-corrected chi connectivity index (χ4v) is 2.65. The van der Waals surface area contributed by atoms with Crippen molar-refractivity contribution in [3.8, 4) is 5.75 Å². The first kappa shape index (κ1) is 12.9. The average molecular weight is 333 g/mol. The lowest BCUT2D eigenvalue weighted by molar-refractivity contribution is 0.300. The van der Waals surface area contributed by atoms with Gasteiger partial charge >= 0.3 is 0 Å². The molecule has 0 N–H and O–H groups in total. The van der Waals surface area contributed by atoms with Crippen molar-refractivity contribution in [1.29, 1.82) is 0 Å². The molecule has 17 heavy (non-hydrogen) atoms. The maximum Gasteiger partial charge on any atom is 0.131 e. The summed E-state index contributed by atoms with van der Waals surface area (Å²) < 4.78 is 5.74. The van der Waals surface area contributed by atoms with Crippen molar-refractivity contribution in [3.05, 3.63) is 44.9 Å². The molecule has 2 rings (SSSR count). The van der Waals surface area contributed by atoms with Gasteiger partial charge in [0.15, 0.2) is 0 Å². The Balaban J connectivity index is 2.08. The number of alkyl halides is 1. The molecule has 0 aliphatic rings. The summed E-state index contributed by atoms with van der Waals surface area (Å²) in [6.45, 7) is 2.48. The largest absolute Gasteiger partial charge is 0.487 e. The van der Waals surface area contributed by atoms with Gasteiger partial charge in [-0.05, 0) is 25.1 Å². The zero-order valence-corrected chi connectivity index (χ0v) is 12.4. The molecular weight excluding hydrogens is 322 g/mol. The summed E-state index contributed by atoms with van der Waals surface area (Å²) in [6, 6.07) is 5.62. The lowest BCUT2D eigenvalue weighted by Crippen LogP contribution is -1.98. The number of aromatic nitrogens is 1. The Morgan fingerprint density at radius 1 is 1.47 bits per heavy atom. The lowest BCUT2D eigenvalue weighted by atomic mass is 10.2. The molecule has 0 saturated carbocycles. The number of nitrogens with zero attached hydrogens (tertiary/aromatic N) is 1. The third-order valence-electron chi connectivity index (χ3n) is 2.21. The molecule has 1 aromatic heterocycles. The maximum absolute atomic E-state index is 5.93. The van der Waals surface area contributed by atoms with Crippen LogP contribution in [0.15, 0.2) is 23.6 Å². The van der Waals surface area contributed by atoms with Crippen molar-refractivity contribution < 1.29 is 4.74 Å². The highest BCUT2D eigenvalue weighted by atomic mass is 79.9. The van der Waals surface area contributed by atoms with Crippen LogP contribution in [0.5, 0.6) is 5.75 Å². The fraction of sp³-hybridized carbons (Fsp3) is 0.250. The topological polar surface area (TPSA) is 22.1 Å². The van der Waals surface area contributed by atoms with Crippen LogP contribution in [0.1, 0.15) is 16.3 Å². The molecule has 0 aliphatic heterocycles. The van der Waals surface area contributed by atoms with Gasteiger partial charge in [0.1, 0.15) is 12.4 Å². The Hall–Kier alpha value is -0.580. The van der Waals surface area contributed by atoms with E-state index in [0.29, 0.717) is 6.61 Å². The first-order chi connectivity index (χ1) is 8.19. The fourth-order valence-electron chi connectivity index (χ4n) is 1.42. The van der Waals surface area contributed by atoms with Crippen LogP contribution in [0, 0.1) is 6.92 Å². The monoisotopic (exact) mass is 331 g/mol. The molecule has 2 nitrogen and oxygen atoms in total. The molecule has 0 radical (unpaired) electrons. The van der Waals surface area contributed by atoms with E-state index in [1.54, 1.807) is 11.3 Å². The normalized spacial score (nSPS) is 10.5. The van der Waals surface area contributed by atoms with E-state index in [-0.39, 0.29) is 0 Å². The smallest absolute Gasteiger partial charge is 0.131 e. The maximum atomic E-state index is 5.93. The van der Waals surface area contributed by atoms with E-state index < -0.39 is 0 Å². The number of hydrogen-bond acceptors (Lipinski definition) is 3. The van der Waals surface area contributed by atoms with Crippen LogP contribution < -0.4 is 4.74 Å². The Labute approximate surface area is 118 Å². The van der Waals surface area contributed by atoms with Gasteiger partial charge in [-0.2, -0.15) is 0 Å². The van der Waals surface area contributed by atoms with Crippen LogP contribution in [0.25, 0.3) is 0 Å². The lowest BCUT2D eigenvalue weighted by Gasteiger charge is -2.09. The van der Waals surface area contributed by atoms with Crippen molar-refractivity contribution in [2.24, 2.45) is 0 Å². The van der Waals surface area contributed by atoms with Crippen LogP contribution in [0.2, 0.25) is 5.02 Å². The summed E-state index contributed by atoms with van der Waals surface area (Å²) >= 11 is 11.0. The summed E-state index contributed by atoms with van der Waals surface area (Å²) in [6.07, 6.45) is 0. The minimum absolute atomic E-state index is 0.492. The molecule has 0 fully saturated rings. The van der Waals surface area contributed by atoms with E-state index >= 15 is 0 Å². The number of rotatable bonds is 4. The van der Waals surface area contributed by atoms with Gasteiger partial charge in [0.25, 0.3) is 0 Å². The average Bonchev–Trinajstić information content (AvgIpc) is 2.73. The zero-order chi connectivity index (χ0) is 12.3.